The van der Waals surface area contributed by atoms with Crippen LogP contribution in [0.25, 0.3) is 0 Å². The van der Waals surface area contributed by atoms with Crippen LogP contribution in [0, 0.1) is 5.92 Å². The summed E-state index contributed by atoms with van der Waals surface area (Å²) >= 11 is 0. The monoisotopic (exact) mass is 429 g/mol. The molecule has 2 aromatic rings. The molecule has 1 fully saturated rings. The minimum absolute atomic E-state index is 0.105. The largest absolute Gasteiger partial charge is 0.349 e. The van der Waals surface area contributed by atoms with Crippen molar-refractivity contribution in [2.24, 2.45) is 5.92 Å². The Kier molecular flexibility index (Phi) is 6.77. The van der Waals surface area contributed by atoms with Crippen LogP contribution >= 0.6 is 0 Å². The van der Waals surface area contributed by atoms with Crippen LogP contribution < -0.4 is 10.6 Å². The molecule has 3 amide bonds. The average Bonchev–Trinajstić information content (AvgIpc) is 2.74. The standard InChI is InChI=1S/C22H27N3O4S/c1-16(17-10-12-20(13-11-17)30(2,28)29)23-21(26)18-7-6-14-25(15-18)22(27)24-19-8-4-3-5-9-19/h3-5,8-13,16,18H,6-7,14-15H2,1-2H3,(H,23,26)(H,24,27)/t16-,18-/m1/s1. The Labute approximate surface area is 177 Å². The molecule has 1 saturated heterocycles. The number of para-hydroxylation sites is 1. The van der Waals surface area contributed by atoms with Gasteiger partial charge in [-0.05, 0) is 49.6 Å². The molecule has 0 bridgehead atoms. The number of urea groups is 1. The number of likely N-dealkylation sites (tertiary alicyclic amines) is 1. The van der Waals surface area contributed by atoms with E-state index in [0.29, 0.717) is 13.1 Å². The Bertz CT molecular complexity index is 991. The molecule has 3 rings (SSSR count). The Hall–Kier alpha value is -2.87. The first-order valence-corrected chi connectivity index (χ1v) is 11.8. The molecule has 0 unspecified atom stereocenters. The van der Waals surface area contributed by atoms with Crippen molar-refractivity contribution in [3.05, 3.63) is 60.2 Å². The molecule has 1 aliphatic rings. The summed E-state index contributed by atoms with van der Waals surface area (Å²) in [6, 6.07) is 15.3. The lowest BCUT2D eigenvalue weighted by Crippen LogP contribution is -2.47. The van der Waals surface area contributed by atoms with Crippen molar-refractivity contribution < 1.29 is 18.0 Å². The molecular weight excluding hydrogens is 402 g/mol. The fourth-order valence-electron chi connectivity index (χ4n) is 3.52. The maximum Gasteiger partial charge on any atom is 0.321 e. The second kappa shape index (κ2) is 9.30. The maximum atomic E-state index is 12.8. The number of nitrogens with one attached hydrogen (secondary N) is 2. The summed E-state index contributed by atoms with van der Waals surface area (Å²) in [5, 5.41) is 5.85. The molecule has 8 heteroatoms. The van der Waals surface area contributed by atoms with Crippen LogP contribution in [0.3, 0.4) is 0 Å². The van der Waals surface area contributed by atoms with Crippen LogP contribution in [0.4, 0.5) is 10.5 Å². The number of amides is 3. The van der Waals surface area contributed by atoms with Gasteiger partial charge in [0.1, 0.15) is 0 Å². The first kappa shape index (κ1) is 21.8. The van der Waals surface area contributed by atoms with E-state index >= 15 is 0 Å². The lowest BCUT2D eigenvalue weighted by molar-refractivity contribution is -0.126. The van der Waals surface area contributed by atoms with Gasteiger partial charge in [-0.15, -0.1) is 0 Å². The highest BCUT2D eigenvalue weighted by Crippen LogP contribution is 2.21. The van der Waals surface area contributed by atoms with Gasteiger partial charge < -0.3 is 15.5 Å². The van der Waals surface area contributed by atoms with Crippen molar-refractivity contribution in [3.8, 4) is 0 Å². The number of anilines is 1. The predicted molar refractivity (Wildman–Crippen MR) is 116 cm³/mol. The van der Waals surface area contributed by atoms with E-state index in [1.807, 2.05) is 37.3 Å². The number of benzene rings is 2. The number of hydrogen-bond acceptors (Lipinski definition) is 4. The van der Waals surface area contributed by atoms with Gasteiger partial charge in [0.15, 0.2) is 9.84 Å². The normalized spacial score (nSPS) is 17.8. The third-order valence-corrected chi connectivity index (χ3v) is 6.40. The minimum Gasteiger partial charge on any atom is -0.349 e. The van der Waals surface area contributed by atoms with Crippen molar-refractivity contribution >= 4 is 27.5 Å². The molecule has 2 atom stereocenters. The number of carbonyl (C=O) groups excluding carboxylic acids is 2. The van der Waals surface area contributed by atoms with Gasteiger partial charge in [0, 0.05) is 25.0 Å². The van der Waals surface area contributed by atoms with E-state index in [0.717, 1.165) is 30.3 Å². The van der Waals surface area contributed by atoms with Crippen molar-refractivity contribution in [3.63, 3.8) is 0 Å². The highest BCUT2D eigenvalue weighted by atomic mass is 32.2. The summed E-state index contributed by atoms with van der Waals surface area (Å²) < 4.78 is 23.2. The summed E-state index contributed by atoms with van der Waals surface area (Å²) in [5.74, 6) is -0.384. The molecule has 0 saturated carbocycles. The molecule has 2 aromatic carbocycles. The van der Waals surface area contributed by atoms with E-state index in [1.165, 1.54) is 0 Å². The summed E-state index contributed by atoms with van der Waals surface area (Å²) in [6.07, 6.45) is 2.65. The molecule has 1 aliphatic heterocycles. The number of sulfone groups is 1. The van der Waals surface area contributed by atoms with Gasteiger partial charge in [-0.1, -0.05) is 30.3 Å². The van der Waals surface area contributed by atoms with Gasteiger partial charge in [-0.2, -0.15) is 0 Å². The van der Waals surface area contributed by atoms with E-state index in [-0.39, 0.29) is 28.8 Å². The van der Waals surface area contributed by atoms with Gasteiger partial charge in [0.25, 0.3) is 0 Å². The Balaban J connectivity index is 1.57. The van der Waals surface area contributed by atoms with Crippen molar-refractivity contribution in [2.45, 2.75) is 30.7 Å². The van der Waals surface area contributed by atoms with E-state index in [2.05, 4.69) is 10.6 Å². The van der Waals surface area contributed by atoms with Crippen molar-refractivity contribution in [2.75, 3.05) is 24.7 Å². The maximum absolute atomic E-state index is 12.8. The molecule has 0 aliphatic carbocycles. The lowest BCUT2D eigenvalue weighted by Gasteiger charge is -2.32. The summed E-state index contributed by atoms with van der Waals surface area (Å²) in [5.41, 5.74) is 1.55. The Morgan fingerprint density at radius 1 is 1.07 bits per heavy atom. The second-order valence-electron chi connectivity index (χ2n) is 7.65. The number of nitrogens with zero attached hydrogens (tertiary/aromatic N) is 1. The molecule has 30 heavy (non-hydrogen) atoms. The lowest BCUT2D eigenvalue weighted by atomic mass is 9.96. The van der Waals surface area contributed by atoms with Gasteiger partial charge in [0.05, 0.1) is 16.9 Å². The zero-order valence-electron chi connectivity index (χ0n) is 17.2. The van der Waals surface area contributed by atoms with Gasteiger partial charge in [-0.3, -0.25) is 4.79 Å². The zero-order chi connectivity index (χ0) is 21.7. The van der Waals surface area contributed by atoms with E-state index in [1.54, 1.807) is 29.2 Å². The van der Waals surface area contributed by atoms with Gasteiger partial charge in [-0.25, -0.2) is 13.2 Å². The van der Waals surface area contributed by atoms with E-state index in [4.69, 9.17) is 0 Å². The average molecular weight is 430 g/mol. The van der Waals surface area contributed by atoms with Crippen LogP contribution in [0.1, 0.15) is 31.4 Å². The summed E-state index contributed by atoms with van der Waals surface area (Å²) in [7, 11) is -3.25. The predicted octanol–water partition coefficient (Wildman–Crippen LogP) is 3.21. The molecule has 7 nitrogen and oxygen atoms in total. The summed E-state index contributed by atoms with van der Waals surface area (Å²) in [6.45, 7) is 2.84. The molecule has 2 N–H and O–H groups in total. The number of carbonyl (C=O) groups is 2. The van der Waals surface area contributed by atoms with Gasteiger partial charge >= 0.3 is 6.03 Å². The first-order chi connectivity index (χ1) is 14.2. The Morgan fingerprint density at radius 2 is 1.73 bits per heavy atom. The van der Waals surface area contributed by atoms with E-state index in [9.17, 15) is 18.0 Å². The number of rotatable bonds is 5. The Morgan fingerprint density at radius 3 is 2.37 bits per heavy atom. The molecular formula is C22H27N3O4S. The first-order valence-electron chi connectivity index (χ1n) is 9.95. The summed E-state index contributed by atoms with van der Waals surface area (Å²) in [4.78, 5) is 27.2. The third-order valence-electron chi connectivity index (χ3n) is 5.27. The fourth-order valence-corrected chi connectivity index (χ4v) is 4.15. The molecule has 0 spiro atoms. The van der Waals surface area contributed by atoms with Gasteiger partial charge in [0.2, 0.25) is 5.91 Å². The van der Waals surface area contributed by atoms with Crippen LogP contribution in [-0.2, 0) is 14.6 Å². The zero-order valence-corrected chi connectivity index (χ0v) is 18.0. The third kappa shape index (κ3) is 5.60. The molecule has 0 aromatic heterocycles. The molecule has 160 valence electrons. The highest BCUT2D eigenvalue weighted by Gasteiger charge is 2.29. The quantitative estimate of drug-likeness (QED) is 0.763. The van der Waals surface area contributed by atoms with Crippen LogP contribution in [0.15, 0.2) is 59.5 Å². The molecule has 1 heterocycles. The van der Waals surface area contributed by atoms with Crippen LogP contribution in [-0.4, -0.2) is 44.6 Å². The molecule has 0 radical (unpaired) electrons. The number of hydrogen-bond donors (Lipinski definition) is 2. The van der Waals surface area contributed by atoms with E-state index < -0.39 is 9.84 Å². The minimum atomic E-state index is -3.25. The SMILES string of the molecule is C[C@@H](NC(=O)[C@@H]1CCCN(C(=O)Nc2ccccc2)C1)c1ccc(S(C)(=O)=O)cc1. The second-order valence-corrected chi connectivity index (χ2v) is 9.67. The number of piperidine rings is 1. The van der Waals surface area contributed by atoms with Crippen LogP contribution in [0.5, 0.6) is 0 Å². The fraction of sp³-hybridized carbons (Fsp3) is 0.364. The topological polar surface area (TPSA) is 95.6 Å². The smallest absolute Gasteiger partial charge is 0.321 e. The van der Waals surface area contributed by atoms with Crippen molar-refractivity contribution in [1.29, 1.82) is 0 Å². The highest BCUT2D eigenvalue weighted by molar-refractivity contribution is 7.90. The van der Waals surface area contributed by atoms with Crippen molar-refractivity contribution in [1.82, 2.24) is 10.2 Å². The van der Waals surface area contributed by atoms with Crippen LogP contribution in [0.2, 0.25) is 0 Å².